The van der Waals surface area contributed by atoms with Crippen LogP contribution in [-0.4, -0.2) is 35.2 Å². The van der Waals surface area contributed by atoms with Crippen LogP contribution in [-0.2, 0) is 4.79 Å². The van der Waals surface area contributed by atoms with Crippen LogP contribution >= 0.6 is 11.8 Å². The predicted molar refractivity (Wildman–Crippen MR) is 120 cm³/mol. The third-order valence-corrected chi connectivity index (χ3v) is 6.68. The van der Waals surface area contributed by atoms with E-state index in [1.165, 1.54) is 30.3 Å². The van der Waals surface area contributed by atoms with Crippen LogP contribution in [0.15, 0.2) is 52.4 Å². The van der Waals surface area contributed by atoms with Gasteiger partial charge in [-0.2, -0.15) is 0 Å². The number of carbonyl (C=O) groups excluding carboxylic acids is 1. The van der Waals surface area contributed by atoms with E-state index in [0.717, 1.165) is 37.0 Å². The molecule has 0 atom stereocenters. The van der Waals surface area contributed by atoms with Crippen molar-refractivity contribution in [3.63, 3.8) is 0 Å². The summed E-state index contributed by atoms with van der Waals surface area (Å²) >= 11 is 1.37. The Hall–Kier alpha value is -2.80. The summed E-state index contributed by atoms with van der Waals surface area (Å²) < 4.78 is 24.6. The van der Waals surface area contributed by atoms with Crippen LogP contribution in [0.1, 0.15) is 37.7 Å². The van der Waals surface area contributed by atoms with Gasteiger partial charge >= 0.3 is 0 Å². The third kappa shape index (κ3) is 4.32. The minimum atomic E-state index is -0.303. The van der Waals surface area contributed by atoms with E-state index < -0.39 is 0 Å². The Morgan fingerprint density at radius 1 is 1.00 bits per heavy atom. The van der Waals surface area contributed by atoms with Gasteiger partial charge in [-0.05, 0) is 72.6 Å². The van der Waals surface area contributed by atoms with E-state index >= 15 is 0 Å². The predicted octanol–water partition coefficient (Wildman–Crippen LogP) is 5.53. The number of amidine groups is 1. The van der Waals surface area contributed by atoms with Crippen molar-refractivity contribution in [1.82, 2.24) is 4.90 Å². The van der Waals surface area contributed by atoms with Crippen molar-refractivity contribution in [3.05, 3.63) is 58.8 Å². The number of ether oxygens (including phenoxy) is 2. The number of fused-ring (bicyclic) bond motifs is 1. The highest BCUT2D eigenvalue weighted by molar-refractivity contribution is 8.18. The van der Waals surface area contributed by atoms with E-state index in [9.17, 15) is 9.18 Å². The zero-order valence-corrected chi connectivity index (χ0v) is 17.9. The maximum Gasteiger partial charge on any atom is 0.267 e. The summed E-state index contributed by atoms with van der Waals surface area (Å²) in [5, 5.41) is 0.660. The summed E-state index contributed by atoms with van der Waals surface area (Å²) in [4.78, 5) is 20.6. The summed E-state index contributed by atoms with van der Waals surface area (Å²) in [5.41, 5.74) is 1.52. The minimum Gasteiger partial charge on any atom is -0.486 e. The molecule has 1 saturated heterocycles. The van der Waals surface area contributed by atoms with Gasteiger partial charge in [0, 0.05) is 6.04 Å². The number of hydrogen-bond acceptors (Lipinski definition) is 5. The summed E-state index contributed by atoms with van der Waals surface area (Å²) in [6.45, 7) is 1.06. The lowest BCUT2D eigenvalue weighted by Gasteiger charge is -2.30. The van der Waals surface area contributed by atoms with Crippen molar-refractivity contribution in [2.24, 2.45) is 4.99 Å². The van der Waals surface area contributed by atoms with E-state index in [-0.39, 0.29) is 17.8 Å². The van der Waals surface area contributed by atoms with Gasteiger partial charge < -0.3 is 9.47 Å². The van der Waals surface area contributed by atoms with E-state index in [1.807, 2.05) is 29.2 Å². The Bertz CT molecular complexity index is 1050. The second kappa shape index (κ2) is 8.75. The van der Waals surface area contributed by atoms with Crippen LogP contribution in [0.25, 0.3) is 6.08 Å². The number of rotatable bonds is 3. The van der Waals surface area contributed by atoms with Gasteiger partial charge in [0.05, 0.1) is 10.6 Å². The molecule has 7 heteroatoms. The van der Waals surface area contributed by atoms with Gasteiger partial charge in [-0.25, -0.2) is 9.38 Å². The summed E-state index contributed by atoms with van der Waals surface area (Å²) in [5.74, 6) is 1.09. The molecule has 0 N–H and O–H groups in total. The number of thioether (sulfide) groups is 1. The van der Waals surface area contributed by atoms with E-state index in [0.29, 0.717) is 34.7 Å². The molecule has 2 heterocycles. The number of halogens is 1. The molecule has 3 aliphatic rings. The maximum atomic E-state index is 13.4. The number of amides is 1. The summed E-state index contributed by atoms with van der Waals surface area (Å²) in [6.07, 6.45) is 7.27. The maximum absolute atomic E-state index is 13.4. The van der Waals surface area contributed by atoms with E-state index in [4.69, 9.17) is 14.5 Å². The fraction of sp³-hybridized carbons (Fsp3) is 0.333. The Kier molecular flexibility index (Phi) is 5.68. The molecule has 0 radical (unpaired) electrons. The van der Waals surface area contributed by atoms with Crippen LogP contribution in [0.5, 0.6) is 11.5 Å². The molecular formula is C24H23FN2O3S. The van der Waals surface area contributed by atoms with Gasteiger partial charge in [0.1, 0.15) is 19.0 Å². The SMILES string of the molecule is O=C1/C(=C/c2ccc3c(c2)OCCO3)SC(=Nc2ccc(F)cc2)N1C1CCCCC1. The van der Waals surface area contributed by atoms with E-state index in [2.05, 4.69) is 0 Å². The second-order valence-electron chi connectivity index (χ2n) is 7.85. The average Bonchev–Trinajstić information content (AvgIpc) is 3.10. The highest BCUT2D eigenvalue weighted by Gasteiger charge is 2.38. The molecule has 1 saturated carbocycles. The third-order valence-electron chi connectivity index (χ3n) is 5.69. The van der Waals surface area contributed by atoms with Gasteiger partial charge in [0.15, 0.2) is 16.7 Å². The lowest BCUT2D eigenvalue weighted by molar-refractivity contribution is -0.124. The number of aliphatic imine (C=N–C) groups is 1. The van der Waals surface area contributed by atoms with Crippen molar-refractivity contribution < 1.29 is 18.7 Å². The van der Waals surface area contributed by atoms with Gasteiger partial charge in [-0.15, -0.1) is 0 Å². The van der Waals surface area contributed by atoms with Crippen molar-refractivity contribution in [3.8, 4) is 11.5 Å². The van der Waals surface area contributed by atoms with Crippen molar-refractivity contribution in [2.45, 2.75) is 38.1 Å². The summed E-state index contributed by atoms with van der Waals surface area (Å²) in [7, 11) is 0. The molecule has 0 unspecified atom stereocenters. The lowest BCUT2D eigenvalue weighted by atomic mass is 9.94. The monoisotopic (exact) mass is 438 g/mol. The van der Waals surface area contributed by atoms with Gasteiger partial charge in [0.25, 0.3) is 5.91 Å². The van der Waals surface area contributed by atoms with E-state index in [1.54, 1.807) is 12.1 Å². The number of benzene rings is 2. The van der Waals surface area contributed by atoms with Crippen molar-refractivity contribution >= 4 is 34.6 Å². The van der Waals surface area contributed by atoms with Crippen LogP contribution in [0.3, 0.4) is 0 Å². The summed E-state index contributed by atoms with van der Waals surface area (Å²) in [6, 6.07) is 11.9. The van der Waals surface area contributed by atoms with Gasteiger partial charge in [0.2, 0.25) is 0 Å². The molecule has 31 heavy (non-hydrogen) atoms. The Morgan fingerprint density at radius 2 is 1.74 bits per heavy atom. The van der Waals surface area contributed by atoms with Gasteiger partial charge in [-0.3, -0.25) is 9.69 Å². The zero-order chi connectivity index (χ0) is 21.2. The largest absolute Gasteiger partial charge is 0.486 e. The molecule has 0 spiro atoms. The van der Waals surface area contributed by atoms with Crippen LogP contribution in [0.4, 0.5) is 10.1 Å². The zero-order valence-electron chi connectivity index (χ0n) is 17.1. The molecule has 1 amide bonds. The molecule has 2 aliphatic heterocycles. The standard InChI is InChI=1S/C24H23FN2O3S/c25-17-7-9-18(10-8-17)26-24-27(19-4-2-1-3-5-19)23(28)22(31-24)15-16-6-11-20-21(14-16)30-13-12-29-20/h6-11,14-15,19H,1-5,12-13H2/b22-15-,26-24?. The fourth-order valence-corrected chi connectivity index (χ4v) is 5.21. The first-order valence-corrected chi connectivity index (χ1v) is 11.5. The molecule has 5 rings (SSSR count). The topological polar surface area (TPSA) is 51.1 Å². The smallest absolute Gasteiger partial charge is 0.267 e. The molecule has 5 nitrogen and oxygen atoms in total. The quantitative estimate of drug-likeness (QED) is 0.591. The second-order valence-corrected chi connectivity index (χ2v) is 8.86. The number of nitrogens with zero attached hydrogens (tertiary/aromatic N) is 2. The average molecular weight is 439 g/mol. The fourth-order valence-electron chi connectivity index (χ4n) is 4.15. The molecule has 2 aromatic carbocycles. The van der Waals surface area contributed by atoms with Crippen LogP contribution in [0.2, 0.25) is 0 Å². The van der Waals surface area contributed by atoms with Crippen molar-refractivity contribution in [2.75, 3.05) is 13.2 Å². The normalized spacial score (nSPS) is 21.8. The highest BCUT2D eigenvalue weighted by atomic mass is 32.2. The molecule has 2 aromatic rings. The first-order valence-electron chi connectivity index (χ1n) is 10.6. The Labute approximate surface area is 184 Å². The minimum absolute atomic E-state index is 0.0207. The molecule has 0 aromatic heterocycles. The molecule has 0 bridgehead atoms. The van der Waals surface area contributed by atoms with Crippen LogP contribution in [0, 0.1) is 5.82 Å². The first kappa shape index (κ1) is 20.1. The van der Waals surface area contributed by atoms with Crippen molar-refractivity contribution in [1.29, 1.82) is 0 Å². The molecular weight excluding hydrogens is 415 g/mol. The Morgan fingerprint density at radius 3 is 2.52 bits per heavy atom. The Balaban J connectivity index is 1.48. The lowest BCUT2D eigenvalue weighted by Crippen LogP contribution is -2.40. The van der Waals surface area contributed by atoms with Crippen LogP contribution < -0.4 is 9.47 Å². The molecule has 2 fully saturated rings. The molecule has 1 aliphatic carbocycles. The number of carbonyl (C=O) groups is 1. The first-order chi connectivity index (χ1) is 15.2. The van der Waals surface area contributed by atoms with Gasteiger partial charge in [-0.1, -0.05) is 25.3 Å². The molecule has 160 valence electrons. The highest BCUT2D eigenvalue weighted by Crippen LogP contribution is 2.39. The number of hydrogen-bond donors (Lipinski definition) is 0.